The summed E-state index contributed by atoms with van der Waals surface area (Å²) in [5, 5.41) is 6.45. The maximum Gasteiger partial charge on any atom is 0.244 e. The van der Waals surface area contributed by atoms with Crippen LogP contribution in [0.25, 0.3) is 0 Å². The smallest absolute Gasteiger partial charge is 0.244 e. The highest BCUT2D eigenvalue weighted by atomic mass is 35.5. The molecule has 0 spiro atoms. The van der Waals surface area contributed by atoms with Gasteiger partial charge in [0.2, 0.25) is 11.8 Å². The van der Waals surface area contributed by atoms with Gasteiger partial charge in [0.1, 0.15) is 6.04 Å². The van der Waals surface area contributed by atoms with Gasteiger partial charge >= 0.3 is 0 Å². The second-order valence-electron chi connectivity index (χ2n) is 7.90. The van der Waals surface area contributed by atoms with Gasteiger partial charge in [0.05, 0.1) is 0 Å². The fourth-order valence-corrected chi connectivity index (χ4v) is 2.71. The first-order chi connectivity index (χ1) is 10.3. The molecule has 1 heterocycles. The summed E-state index contributed by atoms with van der Waals surface area (Å²) in [5.41, 5.74) is -0.464. The molecule has 1 saturated carbocycles. The van der Waals surface area contributed by atoms with Crippen LogP contribution >= 0.6 is 12.4 Å². The molecule has 1 saturated heterocycles. The Balaban J connectivity index is 0.00000264. The van der Waals surface area contributed by atoms with Crippen molar-refractivity contribution in [1.82, 2.24) is 15.5 Å². The number of hydrogen-bond acceptors (Lipinski definition) is 3. The number of amides is 2. The molecule has 2 aliphatic rings. The first-order valence-corrected chi connectivity index (χ1v) is 8.60. The van der Waals surface area contributed by atoms with Crippen LogP contribution in [0.1, 0.15) is 53.4 Å². The zero-order valence-electron chi connectivity index (χ0n) is 14.9. The SMILES string of the molecule is CC(NC(=O)C(C)(C)C)C(=O)N1CCC(NCC2CC2)CC1.Cl. The van der Waals surface area contributed by atoms with E-state index in [9.17, 15) is 9.59 Å². The van der Waals surface area contributed by atoms with E-state index in [1.54, 1.807) is 6.92 Å². The van der Waals surface area contributed by atoms with Crippen molar-refractivity contribution in [1.29, 1.82) is 0 Å². The summed E-state index contributed by atoms with van der Waals surface area (Å²) in [6.45, 7) is 10.1. The summed E-state index contributed by atoms with van der Waals surface area (Å²) in [7, 11) is 0. The van der Waals surface area contributed by atoms with Crippen LogP contribution < -0.4 is 10.6 Å². The molecule has 1 atom stereocenters. The fourth-order valence-electron chi connectivity index (χ4n) is 2.71. The lowest BCUT2D eigenvalue weighted by Crippen LogP contribution is -2.53. The summed E-state index contributed by atoms with van der Waals surface area (Å²) in [5.74, 6) is 0.861. The van der Waals surface area contributed by atoms with E-state index in [-0.39, 0.29) is 24.2 Å². The summed E-state index contributed by atoms with van der Waals surface area (Å²) in [4.78, 5) is 26.3. The first kappa shape index (κ1) is 20.2. The molecule has 0 radical (unpaired) electrons. The van der Waals surface area contributed by atoms with Gasteiger partial charge in [-0.2, -0.15) is 0 Å². The number of hydrogen-bond donors (Lipinski definition) is 2. The van der Waals surface area contributed by atoms with E-state index in [2.05, 4.69) is 10.6 Å². The normalized spacial score (nSPS) is 20.6. The van der Waals surface area contributed by atoms with Crippen LogP contribution in [-0.4, -0.2) is 48.4 Å². The standard InChI is InChI=1S/C17H31N3O2.ClH/c1-12(19-16(22)17(2,3)4)15(21)20-9-7-14(8-10-20)18-11-13-5-6-13;/h12-14,18H,5-11H2,1-4H3,(H,19,22);1H. The van der Waals surface area contributed by atoms with Crippen LogP contribution in [0.15, 0.2) is 0 Å². The van der Waals surface area contributed by atoms with Crippen molar-refractivity contribution >= 4 is 24.2 Å². The molecule has 6 heteroatoms. The average molecular weight is 346 g/mol. The Labute approximate surface area is 146 Å². The maximum absolute atomic E-state index is 12.4. The Morgan fingerprint density at radius 1 is 1.13 bits per heavy atom. The molecule has 2 rings (SSSR count). The number of nitrogens with zero attached hydrogens (tertiary/aromatic N) is 1. The predicted octanol–water partition coefficient (Wildman–Crippen LogP) is 1.95. The molecule has 134 valence electrons. The number of halogens is 1. The summed E-state index contributed by atoms with van der Waals surface area (Å²) in [6, 6.07) is 0.104. The molecule has 0 bridgehead atoms. The molecule has 2 N–H and O–H groups in total. The van der Waals surface area contributed by atoms with Gasteiger partial charge in [0.25, 0.3) is 0 Å². The van der Waals surface area contributed by atoms with Gasteiger partial charge in [-0.1, -0.05) is 20.8 Å². The molecule has 0 aromatic rings. The van der Waals surface area contributed by atoms with Crippen LogP contribution in [0.4, 0.5) is 0 Å². The van der Waals surface area contributed by atoms with E-state index in [4.69, 9.17) is 0 Å². The lowest BCUT2D eigenvalue weighted by molar-refractivity contribution is -0.139. The molecule has 1 aliphatic carbocycles. The maximum atomic E-state index is 12.4. The molecule has 23 heavy (non-hydrogen) atoms. The number of rotatable bonds is 5. The first-order valence-electron chi connectivity index (χ1n) is 8.60. The van der Waals surface area contributed by atoms with E-state index < -0.39 is 11.5 Å². The summed E-state index contributed by atoms with van der Waals surface area (Å²) in [6.07, 6.45) is 4.77. The Bertz CT molecular complexity index is 411. The highest BCUT2D eigenvalue weighted by Gasteiger charge is 2.30. The third-order valence-corrected chi connectivity index (χ3v) is 4.60. The van der Waals surface area contributed by atoms with Crippen LogP contribution in [-0.2, 0) is 9.59 Å². The van der Waals surface area contributed by atoms with Crippen LogP contribution in [0.5, 0.6) is 0 Å². The molecule has 2 fully saturated rings. The van der Waals surface area contributed by atoms with Gasteiger partial charge in [-0.15, -0.1) is 12.4 Å². The quantitative estimate of drug-likeness (QED) is 0.800. The average Bonchev–Trinajstić information content (AvgIpc) is 3.28. The second-order valence-corrected chi connectivity index (χ2v) is 7.90. The largest absolute Gasteiger partial charge is 0.344 e. The van der Waals surface area contributed by atoms with Crippen LogP contribution in [0.2, 0.25) is 0 Å². The summed E-state index contributed by atoms with van der Waals surface area (Å²) >= 11 is 0. The van der Waals surface area contributed by atoms with Crippen LogP contribution in [0.3, 0.4) is 0 Å². The minimum Gasteiger partial charge on any atom is -0.344 e. The monoisotopic (exact) mass is 345 g/mol. The minimum atomic E-state index is -0.464. The second kappa shape index (κ2) is 8.34. The lowest BCUT2D eigenvalue weighted by atomic mass is 9.95. The van der Waals surface area contributed by atoms with Crippen LogP contribution in [0, 0.1) is 11.3 Å². The third kappa shape index (κ3) is 6.30. The zero-order valence-corrected chi connectivity index (χ0v) is 15.7. The fraction of sp³-hybridized carbons (Fsp3) is 0.882. The minimum absolute atomic E-state index is 0. The van der Waals surface area contributed by atoms with Crippen molar-refractivity contribution in [3.63, 3.8) is 0 Å². The van der Waals surface area contributed by atoms with Gasteiger partial charge in [0, 0.05) is 24.5 Å². The number of nitrogens with one attached hydrogen (secondary N) is 2. The Hall–Kier alpha value is -0.810. The van der Waals surface area contributed by atoms with Crippen molar-refractivity contribution in [3.8, 4) is 0 Å². The highest BCUT2D eigenvalue weighted by Crippen LogP contribution is 2.28. The number of likely N-dealkylation sites (tertiary alicyclic amines) is 1. The van der Waals surface area contributed by atoms with E-state index in [1.807, 2.05) is 25.7 Å². The Morgan fingerprint density at radius 3 is 2.17 bits per heavy atom. The zero-order chi connectivity index (χ0) is 16.3. The summed E-state index contributed by atoms with van der Waals surface area (Å²) < 4.78 is 0. The third-order valence-electron chi connectivity index (χ3n) is 4.60. The number of carbonyl (C=O) groups excluding carboxylic acids is 2. The van der Waals surface area contributed by atoms with Crippen molar-refractivity contribution in [3.05, 3.63) is 0 Å². The van der Waals surface area contributed by atoms with E-state index in [1.165, 1.54) is 12.8 Å². The van der Waals surface area contributed by atoms with Gasteiger partial charge in [-0.05, 0) is 45.1 Å². The van der Waals surface area contributed by atoms with Gasteiger partial charge < -0.3 is 15.5 Å². The number of carbonyl (C=O) groups is 2. The van der Waals surface area contributed by atoms with Crippen molar-refractivity contribution in [2.24, 2.45) is 11.3 Å². The van der Waals surface area contributed by atoms with E-state index in [0.717, 1.165) is 38.4 Å². The molecule has 0 aromatic carbocycles. The van der Waals surface area contributed by atoms with Gasteiger partial charge in [0.15, 0.2) is 0 Å². The molecule has 1 unspecified atom stereocenters. The number of piperidine rings is 1. The lowest BCUT2D eigenvalue weighted by Gasteiger charge is -2.34. The molecule has 1 aliphatic heterocycles. The van der Waals surface area contributed by atoms with Gasteiger partial charge in [-0.3, -0.25) is 9.59 Å². The molecular formula is C17H32ClN3O2. The highest BCUT2D eigenvalue weighted by molar-refractivity contribution is 5.89. The molecular weight excluding hydrogens is 314 g/mol. The van der Waals surface area contributed by atoms with E-state index in [0.29, 0.717) is 6.04 Å². The van der Waals surface area contributed by atoms with Gasteiger partial charge in [-0.25, -0.2) is 0 Å². The Kier molecular flexibility index (Phi) is 7.33. The molecule has 0 aromatic heterocycles. The van der Waals surface area contributed by atoms with Crippen molar-refractivity contribution in [2.75, 3.05) is 19.6 Å². The van der Waals surface area contributed by atoms with Crippen molar-refractivity contribution in [2.45, 2.75) is 65.5 Å². The topological polar surface area (TPSA) is 61.4 Å². The predicted molar refractivity (Wildman–Crippen MR) is 94.6 cm³/mol. The Morgan fingerprint density at radius 2 is 1.70 bits per heavy atom. The van der Waals surface area contributed by atoms with E-state index >= 15 is 0 Å². The molecule has 2 amide bonds. The molecule has 5 nitrogen and oxygen atoms in total. The van der Waals surface area contributed by atoms with Crippen molar-refractivity contribution < 1.29 is 9.59 Å².